The number of rotatable bonds is 5. The average molecular weight is 200 g/mol. The Morgan fingerprint density at radius 1 is 1.69 bits per heavy atom. The summed E-state index contributed by atoms with van der Waals surface area (Å²) in [6.07, 6.45) is 2.87. The van der Waals surface area contributed by atoms with Crippen LogP contribution in [0.15, 0.2) is 6.20 Å². The van der Waals surface area contributed by atoms with Crippen LogP contribution in [0.5, 0.6) is 0 Å². The third-order valence-corrected chi connectivity index (χ3v) is 3.27. The standard InChI is InChI=1S/C9H16N2OS/c1-3-7(2)13-6-9-10-4-8(5-12)11-9/h4,7,12H,3,5-6H2,1-2H3,(H,10,11). The van der Waals surface area contributed by atoms with Crippen molar-refractivity contribution >= 4 is 11.8 Å². The van der Waals surface area contributed by atoms with Gasteiger partial charge in [-0.3, -0.25) is 0 Å². The Balaban J connectivity index is 2.36. The van der Waals surface area contributed by atoms with Crippen LogP contribution in [0.25, 0.3) is 0 Å². The van der Waals surface area contributed by atoms with E-state index < -0.39 is 0 Å². The lowest BCUT2D eigenvalue weighted by Gasteiger charge is -2.05. The largest absolute Gasteiger partial charge is 0.390 e. The Bertz CT molecular complexity index is 250. The summed E-state index contributed by atoms with van der Waals surface area (Å²) in [5.41, 5.74) is 0.791. The summed E-state index contributed by atoms with van der Waals surface area (Å²) in [6.45, 7) is 4.43. The second-order valence-corrected chi connectivity index (χ2v) is 4.47. The van der Waals surface area contributed by atoms with Crippen LogP contribution in [0.4, 0.5) is 0 Å². The Hall–Kier alpha value is -0.480. The normalized spacial score (nSPS) is 13.2. The third-order valence-electron chi connectivity index (χ3n) is 1.93. The van der Waals surface area contributed by atoms with Crippen molar-refractivity contribution in [3.63, 3.8) is 0 Å². The second-order valence-electron chi connectivity index (χ2n) is 3.04. The number of H-pyrrole nitrogens is 1. The molecular weight excluding hydrogens is 184 g/mol. The molecule has 0 aliphatic heterocycles. The number of thioether (sulfide) groups is 1. The van der Waals surface area contributed by atoms with E-state index in [0.717, 1.165) is 17.3 Å². The van der Waals surface area contributed by atoms with Gasteiger partial charge in [0.05, 0.1) is 24.3 Å². The summed E-state index contributed by atoms with van der Waals surface area (Å²) in [5.74, 6) is 1.85. The van der Waals surface area contributed by atoms with Gasteiger partial charge in [-0.15, -0.1) is 0 Å². The fraction of sp³-hybridized carbons (Fsp3) is 0.667. The van der Waals surface area contributed by atoms with Gasteiger partial charge in [0, 0.05) is 5.25 Å². The summed E-state index contributed by atoms with van der Waals surface area (Å²) < 4.78 is 0. The van der Waals surface area contributed by atoms with Crippen LogP contribution < -0.4 is 0 Å². The number of aliphatic hydroxyl groups excluding tert-OH is 1. The van der Waals surface area contributed by atoms with E-state index in [-0.39, 0.29) is 6.61 Å². The van der Waals surface area contributed by atoms with Crippen molar-refractivity contribution in [2.75, 3.05) is 0 Å². The zero-order valence-electron chi connectivity index (χ0n) is 8.08. The number of imidazole rings is 1. The van der Waals surface area contributed by atoms with E-state index in [0.29, 0.717) is 5.25 Å². The first-order chi connectivity index (χ1) is 6.26. The molecule has 0 radical (unpaired) electrons. The first-order valence-corrected chi connectivity index (χ1v) is 5.56. The number of hydrogen-bond donors (Lipinski definition) is 2. The lowest BCUT2D eigenvalue weighted by molar-refractivity contribution is 0.277. The molecule has 1 atom stereocenters. The number of aromatic amines is 1. The second kappa shape index (κ2) is 5.29. The van der Waals surface area contributed by atoms with Crippen LogP contribution in [-0.4, -0.2) is 20.3 Å². The molecule has 1 aromatic heterocycles. The molecule has 1 heterocycles. The first-order valence-electron chi connectivity index (χ1n) is 4.51. The highest BCUT2D eigenvalue weighted by Gasteiger charge is 2.03. The molecule has 1 rings (SSSR count). The van der Waals surface area contributed by atoms with E-state index in [2.05, 4.69) is 23.8 Å². The van der Waals surface area contributed by atoms with Gasteiger partial charge in [0.15, 0.2) is 0 Å². The highest BCUT2D eigenvalue weighted by atomic mass is 32.2. The van der Waals surface area contributed by atoms with Gasteiger partial charge in [0.1, 0.15) is 5.82 Å². The predicted octanol–water partition coefficient (Wildman–Crippen LogP) is 1.93. The highest BCUT2D eigenvalue weighted by molar-refractivity contribution is 7.99. The summed E-state index contributed by atoms with van der Waals surface area (Å²) in [7, 11) is 0. The van der Waals surface area contributed by atoms with Crippen molar-refractivity contribution in [1.29, 1.82) is 0 Å². The van der Waals surface area contributed by atoms with Crippen LogP contribution in [0.3, 0.4) is 0 Å². The van der Waals surface area contributed by atoms with E-state index in [1.807, 2.05) is 11.8 Å². The predicted molar refractivity (Wildman–Crippen MR) is 55.6 cm³/mol. The van der Waals surface area contributed by atoms with Crippen molar-refractivity contribution in [3.05, 3.63) is 17.7 Å². The summed E-state index contributed by atoms with van der Waals surface area (Å²) >= 11 is 1.88. The minimum absolute atomic E-state index is 0.0427. The van der Waals surface area contributed by atoms with Gasteiger partial charge in [-0.2, -0.15) is 11.8 Å². The molecule has 0 spiro atoms. The molecule has 0 fully saturated rings. The fourth-order valence-corrected chi connectivity index (χ4v) is 1.72. The summed E-state index contributed by atoms with van der Waals surface area (Å²) in [6, 6.07) is 0. The molecule has 13 heavy (non-hydrogen) atoms. The first kappa shape index (κ1) is 10.6. The minimum atomic E-state index is 0.0427. The van der Waals surface area contributed by atoms with Gasteiger partial charge >= 0.3 is 0 Å². The van der Waals surface area contributed by atoms with Crippen LogP contribution in [0, 0.1) is 0 Å². The smallest absolute Gasteiger partial charge is 0.116 e. The third kappa shape index (κ3) is 3.40. The van der Waals surface area contributed by atoms with Gasteiger partial charge in [-0.1, -0.05) is 13.8 Å². The van der Waals surface area contributed by atoms with Gasteiger partial charge in [0.25, 0.3) is 0 Å². The Kier molecular flexibility index (Phi) is 4.32. The molecule has 2 N–H and O–H groups in total. The SMILES string of the molecule is CCC(C)SCc1ncc(CO)[nH]1. The van der Waals surface area contributed by atoms with Crippen LogP contribution in [0.1, 0.15) is 31.8 Å². The molecule has 1 aromatic rings. The Morgan fingerprint density at radius 2 is 2.46 bits per heavy atom. The zero-order chi connectivity index (χ0) is 9.68. The van der Waals surface area contributed by atoms with Gasteiger partial charge in [-0.25, -0.2) is 4.98 Å². The lowest BCUT2D eigenvalue weighted by atomic mass is 10.4. The maximum atomic E-state index is 8.80. The molecule has 4 heteroatoms. The quantitative estimate of drug-likeness (QED) is 0.763. The fourth-order valence-electron chi connectivity index (χ4n) is 0.898. The zero-order valence-corrected chi connectivity index (χ0v) is 8.90. The lowest BCUT2D eigenvalue weighted by Crippen LogP contribution is -1.95. The minimum Gasteiger partial charge on any atom is -0.390 e. The molecule has 0 saturated heterocycles. The monoisotopic (exact) mass is 200 g/mol. The van der Waals surface area contributed by atoms with E-state index in [1.165, 1.54) is 6.42 Å². The van der Waals surface area contributed by atoms with Crippen LogP contribution >= 0.6 is 11.8 Å². The van der Waals surface area contributed by atoms with E-state index in [1.54, 1.807) is 6.20 Å². The summed E-state index contributed by atoms with van der Waals surface area (Å²) in [5, 5.41) is 9.47. The summed E-state index contributed by atoms with van der Waals surface area (Å²) in [4.78, 5) is 7.22. The number of nitrogens with one attached hydrogen (secondary N) is 1. The van der Waals surface area contributed by atoms with E-state index in [4.69, 9.17) is 5.11 Å². The highest BCUT2D eigenvalue weighted by Crippen LogP contribution is 2.17. The van der Waals surface area contributed by atoms with Gasteiger partial charge in [0.2, 0.25) is 0 Å². The van der Waals surface area contributed by atoms with Crippen molar-refractivity contribution in [1.82, 2.24) is 9.97 Å². The molecule has 0 amide bonds. The molecule has 0 aliphatic carbocycles. The topological polar surface area (TPSA) is 48.9 Å². The molecule has 0 aromatic carbocycles. The van der Waals surface area contributed by atoms with Crippen molar-refractivity contribution in [3.8, 4) is 0 Å². The van der Waals surface area contributed by atoms with Gasteiger partial charge in [-0.05, 0) is 6.42 Å². The Morgan fingerprint density at radius 3 is 3.00 bits per heavy atom. The molecule has 1 unspecified atom stereocenters. The maximum Gasteiger partial charge on any atom is 0.116 e. The molecule has 0 aliphatic rings. The molecular formula is C9H16N2OS. The Labute approximate surface area is 83.0 Å². The maximum absolute atomic E-state index is 8.80. The molecule has 0 bridgehead atoms. The van der Waals surface area contributed by atoms with E-state index >= 15 is 0 Å². The van der Waals surface area contributed by atoms with Crippen molar-refractivity contribution in [2.24, 2.45) is 0 Å². The molecule has 3 nitrogen and oxygen atoms in total. The molecule has 0 saturated carbocycles. The van der Waals surface area contributed by atoms with Gasteiger partial charge < -0.3 is 10.1 Å². The van der Waals surface area contributed by atoms with Crippen molar-refractivity contribution in [2.45, 2.75) is 37.9 Å². The van der Waals surface area contributed by atoms with Crippen molar-refractivity contribution < 1.29 is 5.11 Å². The number of nitrogens with zero attached hydrogens (tertiary/aromatic N) is 1. The van der Waals surface area contributed by atoms with Crippen LogP contribution in [-0.2, 0) is 12.4 Å². The van der Waals surface area contributed by atoms with E-state index in [9.17, 15) is 0 Å². The molecule has 74 valence electrons. The van der Waals surface area contributed by atoms with Crippen LogP contribution in [0.2, 0.25) is 0 Å². The number of aliphatic hydroxyl groups is 1. The average Bonchev–Trinajstić information content (AvgIpc) is 2.61. The number of hydrogen-bond acceptors (Lipinski definition) is 3. The number of aromatic nitrogens is 2.